The number of non-ortho nitro benzene ring substituents is 1. The normalized spacial score (nSPS) is 18.2. The van der Waals surface area contributed by atoms with E-state index in [2.05, 4.69) is 0 Å². The molecule has 0 unspecified atom stereocenters. The van der Waals surface area contributed by atoms with Crippen LogP contribution in [0.5, 0.6) is 5.75 Å². The highest BCUT2D eigenvalue weighted by Gasteiger charge is 2.44. The monoisotopic (exact) mass is 435 g/mol. The van der Waals surface area contributed by atoms with Gasteiger partial charge in [0.15, 0.2) is 0 Å². The van der Waals surface area contributed by atoms with Crippen LogP contribution in [0.3, 0.4) is 0 Å². The van der Waals surface area contributed by atoms with Crippen molar-refractivity contribution in [3.8, 4) is 5.75 Å². The number of hydrogen-bond donors (Lipinski definition) is 2. The molecular formula is C19H22N3O7P. The number of ether oxygens (including phenoxy) is 1. The van der Waals surface area contributed by atoms with Gasteiger partial charge in [-0.1, -0.05) is 6.07 Å². The molecule has 2 aromatic carbocycles. The first-order valence-electron chi connectivity index (χ1n) is 9.20. The van der Waals surface area contributed by atoms with E-state index < -0.39 is 24.4 Å². The van der Waals surface area contributed by atoms with Crippen molar-refractivity contribution in [3.05, 3.63) is 63.7 Å². The van der Waals surface area contributed by atoms with E-state index in [0.717, 1.165) is 0 Å². The largest absolute Gasteiger partial charge is 0.497 e. The van der Waals surface area contributed by atoms with Crippen LogP contribution in [0.2, 0.25) is 0 Å². The number of carbonyl (C=O) groups excluding carboxylic acids is 1. The Morgan fingerprint density at radius 3 is 2.57 bits per heavy atom. The predicted molar refractivity (Wildman–Crippen MR) is 108 cm³/mol. The Hall–Kier alpha value is -2.78. The molecule has 0 aliphatic carbocycles. The van der Waals surface area contributed by atoms with Crippen LogP contribution >= 0.6 is 7.52 Å². The van der Waals surface area contributed by atoms with Gasteiger partial charge in [0.2, 0.25) is 0 Å². The molecule has 1 aliphatic rings. The summed E-state index contributed by atoms with van der Waals surface area (Å²) in [5.41, 5.74) is 2.79. The van der Waals surface area contributed by atoms with Crippen LogP contribution < -0.4 is 15.5 Å². The van der Waals surface area contributed by atoms with Crippen molar-refractivity contribution >= 4 is 24.4 Å². The zero-order valence-corrected chi connectivity index (χ0v) is 17.4. The fourth-order valence-electron chi connectivity index (χ4n) is 3.49. The average Bonchev–Trinajstić information content (AvgIpc) is 2.77. The molecule has 0 spiro atoms. The molecule has 0 fully saturated rings. The standard InChI is InChI=1S/C19H22N3O7P/c1-3-29-30(27,17-8-6-16(28-2)7-9-17)21-12-14-10-15(22(25)26)5-4-13(14)11-18(21)19(23)20-24/h4-10,18,24H,3,11-12H2,1-2H3,(H,20,23)/t18-,30+/m1/s1. The summed E-state index contributed by atoms with van der Waals surface area (Å²) in [5.74, 6) is -0.182. The lowest BCUT2D eigenvalue weighted by molar-refractivity contribution is -0.385. The number of nitrogens with zero attached hydrogens (tertiary/aromatic N) is 2. The van der Waals surface area contributed by atoms with Gasteiger partial charge in [0, 0.05) is 18.7 Å². The van der Waals surface area contributed by atoms with Gasteiger partial charge in [-0.25, -0.2) is 10.2 Å². The summed E-state index contributed by atoms with van der Waals surface area (Å²) >= 11 is 0. The van der Waals surface area contributed by atoms with E-state index in [-0.39, 0.29) is 25.3 Å². The van der Waals surface area contributed by atoms with E-state index in [1.165, 1.54) is 23.9 Å². The van der Waals surface area contributed by atoms with Crippen molar-refractivity contribution in [2.24, 2.45) is 0 Å². The minimum Gasteiger partial charge on any atom is -0.497 e. The fourth-order valence-corrected chi connectivity index (χ4v) is 5.85. The zero-order chi connectivity index (χ0) is 21.9. The highest BCUT2D eigenvalue weighted by atomic mass is 31.2. The average molecular weight is 435 g/mol. The van der Waals surface area contributed by atoms with Gasteiger partial charge in [0.25, 0.3) is 11.6 Å². The maximum Gasteiger partial charge on any atom is 0.303 e. The van der Waals surface area contributed by atoms with Crippen LogP contribution in [0.1, 0.15) is 18.1 Å². The number of nitrogens with one attached hydrogen (secondary N) is 1. The molecule has 11 heteroatoms. The zero-order valence-electron chi connectivity index (χ0n) is 16.5. The number of hydroxylamine groups is 1. The van der Waals surface area contributed by atoms with E-state index in [9.17, 15) is 24.7 Å². The Labute approximate surface area is 173 Å². The first kappa shape index (κ1) is 21.9. The van der Waals surface area contributed by atoms with Crippen LogP contribution in [-0.2, 0) is 26.8 Å². The summed E-state index contributed by atoms with van der Waals surface area (Å²) in [5, 5.41) is 20.8. The number of carbonyl (C=O) groups is 1. The Bertz CT molecular complexity index is 996. The van der Waals surface area contributed by atoms with E-state index in [1.54, 1.807) is 42.7 Å². The quantitative estimate of drug-likeness (QED) is 0.293. The van der Waals surface area contributed by atoms with Gasteiger partial charge in [-0.15, -0.1) is 0 Å². The third-order valence-corrected chi connectivity index (χ3v) is 7.62. The van der Waals surface area contributed by atoms with Gasteiger partial charge in [0.05, 0.1) is 23.9 Å². The number of hydrogen-bond acceptors (Lipinski definition) is 7. The van der Waals surface area contributed by atoms with Crippen LogP contribution in [0.4, 0.5) is 5.69 Å². The lowest BCUT2D eigenvalue weighted by Crippen LogP contribution is -2.49. The lowest BCUT2D eigenvalue weighted by Gasteiger charge is -2.39. The van der Waals surface area contributed by atoms with E-state index in [1.807, 2.05) is 0 Å². The number of nitro groups is 1. The van der Waals surface area contributed by atoms with E-state index in [0.29, 0.717) is 22.2 Å². The lowest BCUT2D eigenvalue weighted by atomic mass is 9.95. The highest BCUT2D eigenvalue weighted by Crippen LogP contribution is 2.54. The number of nitro benzene ring substituents is 1. The fraction of sp³-hybridized carbons (Fsp3) is 0.316. The van der Waals surface area contributed by atoms with Gasteiger partial charge < -0.3 is 9.26 Å². The highest BCUT2D eigenvalue weighted by molar-refractivity contribution is 7.64. The molecule has 2 atom stereocenters. The second kappa shape index (κ2) is 8.93. The summed E-state index contributed by atoms with van der Waals surface area (Å²) in [7, 11) is -2.25. The number of benzene rings is 2. The minimum absolute atomic E-state index is 0.0294. The topological polar surface area (TPSA) is 131 Å². The summed E-state index contributed by atoms with van der Waals surface area (Å²) < 4.78 is 26.3. The summed E-state index contributed by atoms with van der Waals surface area (Å²) in [6.07, 6.45) is 0.104. The van der Waals surface area contributed by atoms with Gasteiger partial charge in [-0.3, -0.25) is 24.7 Å². The van der Waals surface area contributed by atoms with E-state index in [4.69, 9.17) is 9.26 Å². The molecule has 2 N–H and O–H groups in total. The molecule has 1 heterocycles. The van der Waals surface area contributed by atoms with Gasteiger partial charge in [-0.05, 0) is 48.7 Å². The molecule has 0 bridgehead atoms. The molecule has 2 aromatic rings. The molecule has 0 saturated carbocycles. The van der Waals surface area contributed by atoms with Crippen molar-refractivity contribution in [1.29, 1.82) is 0 Å². The molecule has 0 radical (unpaired) electrons. The van der Waals surface area contributed by atoms with Crippen molar-refractivity contribution in [1.82, 2.24) is 10.2 Å². The summed E-state index contributed by atoms with van der Waals surface area (Å²) in [6, 6.07) is 9.77. The van der Waals surface area contributed by atoms with Crippen molar-refractivity contribution < 1.29 is 28.8 Å². The maximum atomic E-state index is 14.1. The van der Waals surface area contributed by atoms with Crippen molar-refractivity contribution in [2.45, 2.75) is 25.9 Å². The predicted octanol–water partition coefficient (Wildman–Crippen LogP) is 2.39. The molecule has 0 aromatic heterocycles. The molecule has 160 valence electrons. The Morgan fingerprint density at radius 2 is 2.00 bits per heavy atom. The van der Waals surface area contributed by atoms with Gasteiger partial charge in [-0.2, -0.15) is 0 Å². The Morgan fingerprint density at radius 1 is 1.30 bits per heavy atom. The third kappa shape index (κ3) is 4.08. The molecule has 10 nitrogen and oxygen atoms in total. The second-order valence-corrected chi connectivity index (χ2v) is 8.97. The number of rotatable bonds is 7. The molecule has 1 aliphatic heterocycles. The maximum absolute atomic E-state index is 14.1. The minimum atomic E-state index is -3.76. The Balaban J connectivity index is 2.11. The van der Waals surface area contributed by atoms with Gasteiger partial charge >= 0.3 is 7.52 Å². The summed E-state index contributed by atoms with van der Waals surface area (Å²) in [4.78, 5) is 23.1. The second-order valence-electron chi connectivity index (χ2n) is 6.64. The van der Waals surface area contributed by atoms with Crippen molar-refractivity contribution in [2.75, 3.05) is 13.7 Å². The first-order valence-corrected chi connectivity index (χ1v) is 10.8. The summed E-state index contributed by atoms with van der Waals surface area (Å²) in [6.45, 7) is 1.76. The molecule has 1 amide bonds. The Kier molecular flexibility index (Phi) is 6.52. The molecule has 3 rings (SSSR count). The number of fused-ring (bicyclic) bond motifs is 1. The van der Waals surface area contributed by atoms with Crippen LogP contribution in [0.25, 0.3) is 0 Å². The van der Waals surface area contributed by atoms with E-state index >= 15 is 0 Å². The van der Waals surface area contributed by atoms with Crippen LogP contribution in [0.15, 0.2) is 42.5 Å². The molecule has 30 heavy (non-hydrogen) atoms. The first-order chi connectivity index (χ1) is 14.3. The van der Waals surface area contributed by atoms with Crippen LogP contribution in [0, 0.1) is 10.1 Å². The number of amides is 1. The van der Waals surface area contributed by atoms with Gasteiger partial charge in [0.1, 0.15) is 11.8 Å². The number of methoxy groups -OCH3 is 1. The van der Waals surface area contributed by atoms with Crippen molar-refractivity contribution in [3.63, 3.8) is 0 Å². The molecular weight excluding hydrogens is 413 g/mol. The van der Waals surface area contributed by atoms with Crippen LogP contribution in [-0.4, -0.2) is 40.5 Å². The smallest absolute Gasteiger partial charge is 0.303 e. The SMILES string of the molecule is CCO[P@@](=O)(c1ccc(OC)cc1)N1Cc2cc([N+](=O)[O-])ccc2C[C@@H]1C(=O)NO. The molecule has 0 saturated heterocycles. The third-order valence-electron chi connectivity index (χ3n) is 4.96.